The molecule has 0 saturated carbocycles. The SMILES string of the molecule is CC(=O)N(CCC[Si](C)=O)S(C)(=O)=O. The van der Waals surface area contributed by atoms with E-state index < -0.39 is 24.6 Å². The van der Waals surface area contributed by atoms with E-state index in [0.717, 1.165) is 10.6 Å². The van der Waals surface area contributed by atoms with Gasteiger partial charge in [0.2, 0.25) is 15.9 Å². The molecule has 0 atom stereocenters. The van der Waals surface area contributed by atoms with Crippen molar-refractivity contribution < 1.29 is 17.7 Å². The molecule has 0 rings (SSSR count). The fourth-order valence-corrected chi connectivity index (χ4v) is 2.61. The number of carbonyl (C=O) groups is 1. The van der Waals surface area contributed by atoms with E-state index >= 15 is 0 Å². The van der Waals surface area contributed by atoms with Crippen molar-refractivity contribution in [1.29, 1.82) is 0 Å². The highest BCUT2D eigenvalue weighted by atomic mass is 32.2. The van der Waals surface area contributed by atoms with Crippen LogP contribution in [-0.2, 0) is 19.3 Å². The summed E-state index contributed by atoms with van der Waals surface area (Å²) in [7, 11) is -5.05. The van der Waals surface area contributed by atoms with E-state index in [1.807, 2.05) is 0 Å². The van der Waals surface area contributed by atoms with Crippen LogP contribution in [0.15, 0.2) is 0 Å². The topological polar surface area (TPSA) is 71.5 Å². The molecule has 1 amide bonds. The predicted molar refractivity (Wildman–Crippen MR) is 54.0 cm³/mol. The monoisotopic (exact) mass is 237 g/mol. The van der Waals surface area contributed by atoms with Gasteiger partial charge in [0.25, 0.3) is 8.68 Å². The first kappa shape index (κ1) is 13.4. The summed E-state index contributed by atoms with van der Waals surface area (Å²) in [4.78, 5) is 10.9. The van der Waals surface area contributed by atoms with Gasteiger partial charge in [0.1, 0.15) is 0 Å². The molecule has 7 heteroatoms. The van der Waals surface area contributed by atoms with Crippen molar-refractivity contribution in [1.82, 2.24) is 4.31 Å². The molecule has 0 unspecified atom stereocenters. The van der Waals surface area contributed by atoms with Crippen molar-refractivity contribution in [2.75, 3.05) is 12.8 Å². The lowest BCUT2D eigenvalue weighted by molar-refractivity contribution is -0.124. The largest absolute Gasteiger partial charge is 0.389 e. The van der Waals surface area contributed by atoms with Crippen LogP contribution in [0.2, 0.25) is 12.6 Å². The zero-order chi connectivity index (χ0) is 11.4. The van der Waals surface area contributed by atoms with Crippen molar-refractivity contribution >= 4 is 24.6 Å². The van der Waals surface area contributed by atoms with Crippen LogP contribution in [0.1, 0.15) is 13.3 Å². The van der Waals surface area contributed by atoms with Gasteiger partial charge in [-0.1, -0.05) is 0 Å². The van der Waals surface area contributed by atoms with Crippen molar-refractivity contribution in [3.05, 3.63) is 0 Å². The molecule has 0 fully saturated rings. The van der Waals surface area contributed by atoms with Gasteiger partial charge in [-0.2, -0.15) is 0 Å². The number of hydrogen-bond donors (Lipinski definition) is 0. The molecule has 0 radical (unpaired) electrons. The van der Waals surface area contributed by atoms with E-state index in [9.17, 15) is 17.7 Å². The van der Waals surface area contributed by atoms with E-state index in [1.54, 1.807) is 6.55 Å². The second-order valence-electron chi connectivity index (χ2n) is 3.16. The van der Waals surface area contributed by atoms with E-state index in [4.69, 9.17) is 0 Å². The first-order valence-electron chi connectivity index (χ1n) is 4.23. The second kappa shape index (κ2) is 5.35. The van der Waals surface area contributed by atoms with Gasteiger partial charge >= 0.3 is 0 Å². The number of rotatable bonds is 5. The Morgan fingerprint density at radius 3 is 2.21 bits per heavy atom. The van der Waals surface area contributed by atoms with Crippen LogP contribution in [0.4, 0.5) is 0 Å². The average Bonchev–Trinajstić information content (AvgIpc) is 1.94. The van der Waals surface area contributed by atoms with Crippen molar-refractivity contribution in [2.45, 2.75) is 25.9 Å². The van der Waals surface area contributed by atoms with Crippen LogP contribution in [0, 0.1) is 0 Å². The number of carbonyl (C=O) groups excluding carboxylic acids is 1. The minimum Gasteiger partial charge on any atom is -0.389 e. The van der Waals surface area contributed by atoms with Crippen LogP contribution in [-0.4, -0.2) is 40.1 Å². The van der Waals surface area contributed by atoms with Gasteiger partial charge in [-0.05, 0) is 19.0 Å². The normalized spacial score (nSPS) is 11.1. The zero-order valence-electron chi connectivity index (χ0n) is 8.61. The number of amides is 1. The quantitative estimate of drug-likeness (QED) is 0.642. The number of nitrogens with zero attached hydrogens (tertiary/aromatic N) is 1. The molecule has 0 aromatic carbocycles. The van der Waals surface area contributed by atoms with Crippen LogP contribution in [0.5, 0.6) is 0 Å². The van der Waals surface area contributed by atoms with Gasteiger partial charge in [0.05, 0.1) is 6.26 Å². The molecule has 5 nitrogen and oxygen atoms in total. The summed E-state index contributed by atoms with van der Waals surface area (Å²) >= 11 is 0. The lowest BCUT2D eigenvalue weighted by Crippen LogP contribution is -2.35. The summed E-state index contributed by atoms with van der Waals surface area (Å²) in [6.07, 6.45) is 1.45. The maximum Gasteiger partial charge on any atom is 0.273 e. The minimum atomic E-state index is -3.47. The second-order valence-corrected chi connectivity index (χ2v) is 6.97. The fraction of sp³-hybridized carbons (Fsp3) is 0.857. The number of hydrogen-bond acceptors (Lipinski definition) is 4. The molecule has 82 valence electrons. The molecule has 0 spiro atoms. The molecule has 0 aromatic rings. The third kappa shape index (κ3) is 5.23. The summed E-state index contributed by atoms with van der Waals surface area (Å²) in [6.45, 7) is 2.94. The predicted octanol–water partition coefficient (Wildman–Crippen LogP) is 0.236. The average molecular weight is 237 g/mol. The first-order valence-corrected chi connectivity index (χ1v) is 8.19. The van der Waals surface area contributed by atoms with Crippen molar-refractivity contribution in [2.24, 2.45) is 0 Å². The van der Waals surface area contributed by atoms with Crippen LogP contribution in [0.3, 0.4) is 0 Å². The summed E-state index contributed by atoms with van der Waals surface area (Å²) in [6, 6.07) is 0.476. The van der Waals surface area contributed by atoms with E-state index in [0.29, 0.717) is 12.5 Å². The van der Waals surface area contributed by atoms with Gasteiger partial charge in [-0.3, -0.25) is 4.79 Å². The summed E-state index contributed by atoms with van der Waals surface area (Å²) in [5.74, 6) is -0.497. The Balaban J connectivity index is 4.28. The molecule has 0 aliphatic rings. The Bertz CT molecular complexity index is 325. The Morgan fingerprint density at radius 1 is 1.43 bits per heavy atom. The highest BCUT2D eigenvalue weighted by Crippen LogP contribution is 2.02. The fourth-order valence-electron chi connectivity index (χ4n) is 1.03. The Kier molecular flexibility index (Phi) is 5.14. The van der Waals surface area contributed by atoms with Gasteiger partial charge in [0, 0.05) is 13.5 Å². The summed E-state index contributed by atoms with van der Waals surface area (Å²) in [5.41, 5.74) is 0. The molecule has 0 aliphatic heterocycles. The first-order chi connectivity index (χ1) is 6.25. The molecule has 0 bridgehead atoms. The lowest BCUT2D eigenvalue weighted by Gasteiger charge is -2.17. The highest BCUT2D eigenvalue weighted by Gasteiger charge is 2.18. The Hall–Kier alpha value is -0.563. The standard InChI is InChI=1S/C7H15NO4SSi/c1-7(9)8(13(2,10)11)5-4-6-14(3)12/h4-6H2,1-3H3. The van der Waals surface area contributed by atoms with Crippen LogP contribution >= 0.6 is 0 Å². The van der Waals surface area contributed by atoms with Gasteiger partial charge < -0.3 is 4.46 Å². The smallest absolute Gasteiger partial charge is 0.273 e. The number of sulfonamides is 1. The lowest BCUT2D eigenvalue weighted by atomic mass is 10.5. The molecule has 0 aliphatic carbocycles. The van der Waals surface area contributed by atoms with Gasteiger partial charge in [-0.25, -0.2) is 12.7 Å². The Morgan fingerprint density at radius 2 is 1.93 bits per heavy atom. The molecule has 0 heterocycles. The molecule has 14 heavy (non-hydrogen) atoms. The molecule has 0 saturated heterocycles. The summed E-state index contributed by atoms with van der Waals surface area (Å²) in [5, 5.41) is 0. The summed E-state index contributed by atoms with van der Waals surface area (Å²) < 4.78 is 33.7. The highest BCUT2D eigenvalue weighted by molar-refractivity contribution is 7.88. The maximum absolute atomic E-state index is 11.1. The zero-order valence-corrected chi connectivity index (χ0v) is 10.4. The van der Waals surface area contributed by atoms with E-state index in [1.165, 1.54) is 6.92 Å². The van der Waals surface area contributed by atoms with Gasteiger partial charge in [-0.15, -0.1) is 0 Å². The van der Waals surface area contributed by atoms with Gasteiger partial charge in [0.15, 0.2) is 0 Å². The molecular formula is C7H15NO4SSi. The van der Waals surface area contributed by atoms with Crippen LogP contribution < -0.4 is 0 Å². The third-order valence-corrected chi connectivity index (χ3v) is 3.94. The van der Waals surface area contributed by atoms with Crippen LogP contribution in [0.25, 0.3) is 0 Å². The Labute approximate surface area is 85.8 Å². The van der Waals surface area contributed by atoms with Crippen molar-refractivity contribution in [3.63, 3.8) is 0 Å². The van der Waals surface area contributed by atoms with E-state index in [-0.39, 0.29) is 6.54 Å². The molecule has 0 aromatic heterocycles. The van der Waals surface area contributed by atoms with E-state index in [2.05, 4.69) is 0 Å². The molecule has 0 N–H and O–H groups in total. The third-order valence-electron chi connectivity index (χ3n) is 1.64. The van der Waals surface area contributed by atoms with Crippen molar-refractivity contribution in [3.8, 4) is 0 Å². The minimum absolute atomic E-state index is 0.123. The molecular weight excluding hydrogens is 222 g/mol. The maximum atomic E-state index is 11.1.